The van der Waals surface area contributed by atoms with E-state index in [4.69, 9.17) is 21.5 Å². The number of amidine groups is 1. The van der Waals surface area contributed by atoms with Crippen LogP contribution in [-0.4, -0.2) is 26.8 Å². The molecule has 2 aromatic rings. The Hall–Kier alpha value is -2.73. The van der Waals surface area contributed by atoms with Crippen molar-refractivity contribution in [3.8, 4) is 5.75 Å². The zero-order valence-electron chi connectivity index (χ0n) is 15.8. The molecule has 5 nitrogen and oxygen atoms in total. The first-order valence-electron chi connectivity index (χ1n) is 9.72. The van der Waals surface area contributed by atoms with Crippen LogP contribution < -0.4 is 4.74 Å². The van der Waals surface area contributed by atoms with E-state index < -0.39 is 5.60 Å². The van der Waals surface area contributed by atoms with Crippen LogP contribution in [0.2, 0.25) is 0 Å². The van der Waals surface area contributed by atoms with E-state index in [9.17, 15) is 5.11 Å². The van der Waals surface area contributed by atoms with Crippen molar-refractivity contribution in [2.75, 3.05) is 0 Å². The fraction of sp³-hybridized carbons (Fsp3) is 0.217. The number of fused-ring (bicyclic) bond motifs is 1. The van der Waals surface area contributed by atoms with Crippen molar-refractivity contribution in [3.05, 3.63) is 89.5 Å². The van der Waals surface area contributed by atoms with Crippen molar-refractivity contribution >= 4 is 23.8 Å². The second-order valence-corrected chi connectivity index (χ2v) is 8.10. The van der Waals surface area contributed by atoms with Gasteiger partial charge < -0.3 is 9.84 Å². The molecular weight excluding hydrogens is 386 g/mol. The highest BCUT2D eigenvalue weighted by Crippen LogP contribution is 2.47. The summed E-state index contributed by atoms with van der Waals surface area (Å²) in [7, 11) is 0. The fourth-order valence-electron chi connectivity index (χ4n) is 3.85. The molecule has 1 unspecified atom stereocenters. The SMILES string of the molecule is OC1(C2=C3C=NC=C[N+]3(Cl)C(c3cccc(OCc4ccccc4)c3)=N2)CCC1. The van der Waals surface area contributed by atoms with Crippen LogP contribution in [0.1, 0.15) is 30.4 Å². The molecule has 1 fully saturated rings. The van der Waals surface area contributed by atoms with Gasteiger partial charge in [0, 0.05) is 0 Å². The van der Waals surface area contributed by atoms with Crippen LogP contribution in [0.5, 0.6) is 5.75 Å². The molecule has 1 atom stereocenters. The van der Waals surface area contributed by atoms with Gasteiger partial charge in [-0.05, 0) is 43.0 Å². The number of halogens is 1. The summed E-state index contributed by atoms with van der Waals surface area (Å²) in [5.74, 6) is 1.38. The van der Waals surface area contributed by atoms with Crippen molar-refractivity contribution in [3.63, 3.8) is 0 Å². The Labute approximate surface area is 174 Å². The first kappa shape index (κ1) is 18.3. The third kappa shape index (κ3) is 3.12. The number of allylic oxidation sites excluding steroid dienone is 1. The van der Waals surface area contributed by atoms with Crippen LogP contribution in [-0.2, 0) is 6.61 Å². The van der Waals surface area contributed by atoms with Gasteiger partial charge in [-0.15, -0.1) is 4.00 Å². The summed E-state index contributed by atoms with van der Waals surface area (Å²) >= 11 is 7.00. The van der Waals surface area contributed by atoms with Crippen LogP contribution in [0.15, 0.2) is 88.4 Å². The summed E-state index contributed by atoms with van der Waals surface area (Å²) in [6.07, 6.45) is 7.51. The summed E-state index contributed by atoms with van der Waals surface area (Å²) < 4.78 is 5.85. The zero-order valence-corrected chi connectivity index (χ0v) is 16.6. The molecule has 0 aromatic heterocycles. The van der Waals surface area contributed by atoms with Crippen molar-refractivity contribution < 1.29 is 13.8 Å². The third-order valence-electron chi connectivity index (χ3n) is 5.64. The topological polar surface area (TPSA) is 54.2 Å². The van der Waals surface area contributed by atoms with Gasteiger partial charge in [0.15, 0.2) is 11.8 Å². The maximum Gasteiger partial charge on any atom is 0.263 e. The Morgan fingerprint density at radius 2 is 1.93 bits per heavy atom. The lowest BCUT2D eigenvalue weighted by atomic mass is 9.77. The summed E-state index contributed by atoms with van der Waals surface area (Å²) in [5, 5.41) is 10.9. The number of benzene rings is 2. The van der Waals surface area contributed by atoms with Crippen LogP contribution in [0, 0.1) is 0 Å². The molecule has 146 valence electrons. The molecule has 0 amide bonds. The van der Waals surface area contributed by atoms with Crippen molar-refractivity contribution in [2.24, 2.45) is 9.98 Å². The summed E-state index contributed by atoms with van der Waals surface area (Å²) in [6, 6.07) is 17.8. The highest BCUT2D eigenvalue weighted by molar-refractivity contribution is 6.20. The monoisotopic (exact) mass is 406 g/mol. The molecule has 1 saturated carbocycles. The predicted molar refractivity (Wildman–Crippen MR) is 113 cm³/mol. The Morgan fingerprint density at radius 3 is 2.69 bits per heavy atom. The van der Waals surface area contributed by atoms with Gasteiger partial charge >= 0.3 is 0 Å². The Morgan fingerprint density at radius 1 is 1.10 bits per heavy atom. The standard InChI is InChI=1S/C23H21ClN3O2/c24-27-13-12-25-15-20(27)21(23(28)10-5-11-23)26-22(27)18-8-4-9-19(14-18)29-16-17-6-2-1-3-7-17/h1-4,6-9,12-15,28H,5,10-11,16H2/q+1. The maximum absolute atomic E-state index is 10.9. The highest BCUT2D eigenvalue weighted by atomic mass is 35.5. The molecule has 0 radical (unpaired) electrons. The van der Waals surface area contributed by atoms with Gasteiger partial charge in [0.05, 0.1) is 18.0 Å². The maximum atomic E-state index is 10.9. The van der Waals surface area contributed by atoms with Gasteiger partial charge in [0.2, 0.25) is 5.70 Å². The Bertz CT molecular complexity index is 1070. The minimum atomic E-state index is -0.923. The van der Waals surface area contributed by atoms with E-state index in [0.29, 0.717) is 36.7 Å². The van der Waals surface area contributed by atoms with Gasteiger partial charge in [0.25, 0.3) is 5.84 Å². The van der Waals surface area contributed by atoms with Gasteiger partial charge in [-0.3, -0.25) is 4.99 Å². The van der Waals surface area contributed by atoms with Gasteiger partial charge in [-0.25, -0.2) is 0 Å². The minimum Gasteiger partial charge on any atom is -0.489 e. The number of aliphatic hydroxyl groups is 1. The molecule has 2 aliphatic heterocycles. The average Bonchev–Trinajstić information content (AvgIpc) is 3.05. The van der Waals surface area contributed by atoms with E-state index in [0.717, 1.165) is 23.3 Å². The van der Waals surface area contributed by atoms with Crippen LogP contribution in [0.25, 0.3) is 0 Å². The molecule has 0 saturated heterocycles. The highest BCUT2D eigenvalue weighted by Gasteiger charge is 2.53. The molecule has 5 rings (SSSR count). The van der Waals surface area contributed by atoms with Gasteiger partial charge in [-0.2, -0.15) is 4.99 Å². The normalized spacial score (nSPS) is 24.1. The lowest BCUT2D eigenvalue weighted by Gasteiger charge is -2.35. The van der Waals surface area contributed by atoms with E-state index in [2.05, 4.69) is 4.99 Å². The number of hydrogen-bond acceptors (Lipinski definition) is 4. The molecule has 0 spiro atoms. The number of quaternary nitrogens is 1. The van der Waals surface area contributed by atoms with E-state index in [1.807, 2.05) is 54.6 Å². The predicted octanol–water partition coefficient (Wildman–Crippen LogP) is 4.68. The van der Waals surface area contributed by atoms with Crippen molar-refractivity contribution in [1.29, 1.82) is 0 Å². The molecule has 2 aromatic carbocycles. The van der Waals surface area contributed by atoms with E-state index >= 15 is 0 Å². The molecule has 6 heteroatoms. The summed E-state index contributed by atoms with van der Waals surface area (Å²) in [6.45, 7) is 0.485. The quantitative estimate of drug-likeness (QED) is 0.733. The number of nitrogens with zero attached hydrogens (tertiary/aromatic N) is 3. The Kier molecular flexibility index (Phi) is 4.39. The second kappa shape index (κ2) is 6.95. The van der Waals surface area contributed by atoms with Crippen LogP contribution >= 0.6 is 11.8 Å². The minimum absolute atomic E-state index is 0.122. The third-order valence-corrected chi connectivity index (χ3v) is 6.09. The molecule has 1 N–H and O–H groups in total. The van der Waals surface area contributed by atoms with Crippen molar-refractivity contribution in [1.82, 2.24) is 0 Å². The fourth-order valence-corrected chi connectivity index (χ4v) is 4.16. The molecule has 0 bridgehead atoms. The van der Waals surface area contributed by atoms with Crippen LogP contribution in [0.3, 0.4) is 0 Å². The van der Waals surface area contributed by atoms with E-state index in [1.165, 1.54) is 0 Å². The largest absolute Gasteiger partial charge is 0.489 e. The summed E-state index contributed by atoms with van der Waals surface area (Å²) in [5.41, 5.74) is 2.36. The Balaban J connectivity index is 1.47. The summed E-state index contributed by atoms with van der Waals surface area (Å²) in [4.78, 5) is 9.04. The van der Waals surface area contributed by atoms with Gasteiger partial charge in [-0.1, -0.05) is 36.4 Å². The van der Waals surface area contributed by atoms with E-state index in [1.54, 1.807) is 18.6 Å². The van der Waals surface area contributed by atoms with Crippen LogP contribution in [0.4, 0.5) is 0 Å². The molecule has 2 heterocycles. The molecule has 3 aliphatic rings. The zero-order chi connectivity index (χ0) is 19.9. The van der Waals surface area contributed by atoms with E-state index in [-0.39, 0.29) is 4.00 Å². The van der Waals surface area contributed by atoms with Gasteiger partial charge in [0.1, 0.15) is 29.9 Å². The first-order chi connectivity index (χ1) is 14.1. The lowest BCUT2D eigenvalue weighted by molar-refractivity contribution is -0.600. The molecule has 1 aliphatic carbocycles. The smallest absolute Gasteiger partial charge is 0.263 e. The number of hydrogen-bond donors (Lipinski definition) is 1. The number of aliphatic imine (C=N–C) groups is 2. The lowest BCUT2D eigenvalue weighted by Crippen LogP contribution is -2.41. The second-order valence-electron chi connectivity index (χ2n) is 7.57. The number of ether oxygens (including phenoxy) is 1. The number of rotatable bonds is 5. The average molecular weight is 407 g/mol. The molecule has 29 heavy (non-hydrogen) atoms. The molecular formula is C23H21ClN3O2+. The van der Waals surface area contributed by atoms with Crippen molar-refractivity contribution in [2.45, 2.75) is 31.5 Å². The first-order valence-corrected chi connectivity index (χ1v) is 10.1.